The van der Waals surface area contributed by atoms with Gasteiger partial charge in [-0.05, 0) is 79.7 Å². The lowest BCUT2D eigenvalue weighted by Gasteiger charge is -2.15. The molecule has 4 aromatic rings. The van der Waals surface area contributed by atoms with Crippen LogP contribution in [0.15, 0.2) is 108 Å². The SMILES string of the molecule is COc1ccc(NC(=O)C(C)Sc2ccc(NC(=O)/C(=C/c3cccc(OC)c3OC)NC(=O)c3ccccc3)cc2)cc1. The van der Waals surface area contributed by atoms with Crippen molar-refractivity contribution in [2.75, 3.05) is 32.0 Å². The minimum Gasteiger partial charge on any atom is -0.497 e. The molecule has 4 rings (SSSR count). The lowest BCUT2D eigenvalue weighted by Crippen LogP contribution is -2.30. The fraction of sp³-hybridized carbons (Fsp3) is 0.147. The number of carbonyl (C=O) groups excluding carboxylic acids is 3. The summed E-state index contributed by atoms with van der Waals surface area (Å²) in [5.74, 6) is 0.485. The van der Waals surface area contributed by atoms with E-state index in [0.717, 1.165) is 4.90 Å². The summed E-state index contributed by atoms with van der Waals surface area (Å²) in [7, 11) is 4.61. The van der Waals surface area contributed by atoms with Crippen molar-refractivity contribution in [1.82, 2.24) is 5.32 Å². The summed E-state index contributed by atoms with van der Waals surface area (Å²) in [6.07, 6.45) is 1.53. The smallest absolute Gasteiger partial charge is 0.272 e. The number of benzene rings is 4. The summed E-state index contributed by atoms with van der Waals surface area (Å²) < 4.78 is 16.0. The third kappa shape index (κ3) is 8.42. The molecule has 3 N–H and O–H groups in total. The fourth-order valence-electron chi connectivity index (χ4n) is 4.11. The zero-order valence-electron chi connectivity index (χ0n) is 24.8. The first kappa shape index (κ1) is 31.7. The van der Waals surface area contributed by atoms with Gasteiger partial charge in [-0.3, -0.25) is 14.4 Å². The molecule has 0 radical (unpaired) electrons. The van der Waals surface area contributed by atoms with Gasteiger partial charge in [0.1, 0.15) is 11.4 Å². The maximum absolute atomic E-state index is 13.5. The van der Waals surface area contributed by atoms with Crippen LogP contribution in [0.1, 0.15) is 22.8 Å². The molecular formula is C34H33N3O6S. The van der Waals surface area contributed by atoms with Crippen LogP contribution in [-0.2, 0) is 9.59 Å². The number of para-hydroxylation sites is 1. The highest BCUT2D eigenvalue weighted by Gasteiger charge is 2.18. The molecule has 0 aliphatic heterocycles. The Hall–Kier alpha value is -5.22. The van der Waals surface area contributed by atoms with E-state index < -0.39 is 11.8 Å². The Bertz CT molecular complexity index is 1620. The molecule has 3 amide bonds. The summed E-state index contributed by atoms with van der Waals surface area (Å²) in [4.78, 5) is 40.0. The number of anilines is 2. The monoisotopic (exact) mass is 611 g/mol. The van der Waals surface area contributed by atoms with E-state index >= 15 is 0 Å². The van der Waals surface area contributed by atoms with Crippen molar-refractivity contribution in [1.29, 1.82) is 0 Å². The van der Waals surface area contributed by atoms with Crippen molar-refractivity contribution in [2.24, 2.45) is 0 Å². The van der Waals surface area contributed by atoms with Crippen LogP contribution in [0.2, 0.25) is 0 Å². The number of thioether (sulfide) groups is 1. The van der Waals surface area contributed by atoms with E-state index in [1.807, 2.05) is 19.1 Å². The lowest BCUT2D eigenvalue weighted by molar-refractivity contribution is -0.115. The summed E-state index contributed by atoms with van der Waals surface area (Å²) in [6.45, 7) is 1.82. The number of ether oxygens (including phenoxy) is 3. The molecule has 0 bridgehead atoms. The van der Waals surface area contributed by atoms with E-state index in [1.54, 1.807) is 92.0 Å². The standard InChI is InChI=1S/C34H33N3O6S/c1-22(32(38)35-25-13-17-27(41-2)18-14-25)44-28-19-15-26(16-20-28)36-34(40)29(37-33(39)23-9-6-5-7-10-23)21-24-11-8-12-30(42-3)31(24)43-4/h5-22H,1-4H3,(H,35,38)(H,36,40)(H,37,39)/b29-21-. The van der Waals surface area contributed by atoms with E-state index in [-0.39, 0.29) is 16.9 Å². The molecule has 9 nitrogen and oxygen atoms in total. The number of amides is 3. The van der Waals surface area contributed by atoms with Crippen molar-refractivity contribution in [3.05, 3.63) is 114 Å². The van der Waals surface area contributed by atoms with Gasteiger partial charge in [-0.2, -0.15) is 0 Å². The van der Waals surface area contributed by atoms with Gasteiger partial charge >= 0.3 is 0 Å². The van der Waals surface area contributed by atoms with Gasteiger partial charge in [-0.15, -0.1) is 11.8 Å². The number of hydrogen-bond donors (Lipinski definition) is 3. The first-order chi connectivity index (χ1) is 21.3. The number of carbonyl (C=O) groups is 3. The molecule has 0 aliphatic rings. The van der Waals surface area contributed by atoms with Crippen LogP contribution < -0.4 is 30.2 Å². The highest BCUT2D eigenvalue weighted by atomic mass is 32.2. The number of methoxy groups -OCH3 is 3. The topological polar surface area (TPSA) is 115 Å². The first-order valence-corrected chi connectivity index (χ1v) is 14.5. The summed E-state index contributed by atoms with van der Waals surface area (Å²) in [6, 6.07) is 28.1. The lowest BCUT2D eigenvalue weighted by atomic mass is 10.1. The third-order valence-corrected chi connectivity index (χ3v) is 7.53. The van der Waals surface area contributed by atoms with Crippen LogP contribution in [0.3, 0.4) is 0 Å². The van der Waals surface area contributed by atoms with Gasteiger partial charge < -0.3 is 30.2 Å². The molecule has 0 spiro atoms. The molecule has 1 atom stereocenters. The van der Waals surface area contributed by atoms with E-state index in [0.29, 0.717) is 39.8 Å². The predicted molar refractivity (Wildman–Crippen MR) is 173 cm³/mol. The van der Waals surface area contributed by atoms with Crippen LogP contribution in [0, 0.1) is 0 Å². The second-order valence-electron chi connectivity index (χ2n) is 9.42. The number of nitrogens with one attached hydrogen (secondary N) is 3. The van der Waals surface area contributed by atoms with Crippen molar-refractivity contribution in [2.45, 2.75) is 17.1 Å². The third-order valence-electron chi connectivity index (χ3n) is 6.41. The van der Waals surface area contributed by atoms with E-state index in [9.17, 15) is 14.4 Å². The molecule has 4 aromatic carbocycles. The molecule has 44 heavy (non-hydrogen) atoms. The second kappa shape index (κ2) is 15.3. The average molecular weight is 612 g/mol. The Balaban J connectivity index is 1.47. The maximum atomic E-state index is 13.5. The highest BCUT2D eigenvalue weighted by molar-refractivity contribution is 8.00. The predicted octanol–water partition coefficient (Wildman–Crippen LogP) is 6.24. The Morgan fingerprint density at radius 1 is 0.727 bits per heavy atom. The Morgan fingerprint density at radius 2 is 1.39 bits per heavy atom. The molecule has 0 saturated heterocycles. The van der Waals surface area contributed by atoms with Crippen LogP contribution in [0.5, 0.6) is 17.2 Å². The van der Waals surface area contributed by atoms with Crippen LogP contribution in [0.25, 0.3) is 6.08 Å². The summed E-state index contributed by atoms with van der Waals surface area (Å²) >= 11 is 1.38. The van der Waals surface area contributed by atoms with Crippen molar-refractivity contribution in [3.63, 3.8) is 0 Å². The molecule has 0 fully saturated rings. The van der Waals surface area contributed by atoms with Gasteiger partial charge in [0.15, 0.2) is 11.5 Å². The first-order valence-electron chi connectivity index (χ1n) is 13.6. The molecule has 226 valence electrons. The van der Waals surface area contributed by atoms with E-state index in [2.05, 4.69) is 16.0 Å². The zero-order chi connectivity index (χ0) is 31.5. The van der Waals surface area contributed by atoms with E-state index in [1.165, 1.54) is 32.1 Å². The number of hydrogen-bond acceptors (Lipinski definition) is 7. The number of rotatable bonds is 12. The van der Waals surface area contributed by atoms with Gasteiger partial charge in [-0.1, -0.05) is 30.3 Å². The van der Waals surface area contributed by atoms with E-state index in [4.69, 9.17) is 14.2 Å². The maximum Gasteiger partial charge on any atom is 0.272 e. The van der Waals surface area contributed by atoms with Gasteiger partial charge in [0.25, 0.3) is 11.8 Å². The Morgan fingerprint density at radius 3 is 2.02 bits per heavy atom. The largest absolute Gasteiger partial charge is 0.497 e. The van der Waals surface area contributed by atoms with Gasteiger partial charge in [-0.25, -0.2) is 0 Å². The highest BCUT2D eigenvalue weighted by Crippen LogP contribution is 2.32. The molecule has 1 unspecified atom stereocenters. The molecule has 0 heterocycles. The Labute approximate surface area is 260 Å². The van der Waals surface area contributed by atoms with Gasteiger partial charge in [0.05, 0.1) is 26.6 Å². The molecule has 10 heteroatoms. The van der Waals surface area contributed by atoms with Crippen molar-refractivity contribution >= 4 is 46.9 Å². The quantitative estimate of drug-likeness (QED) is 0.128. The average Bonchev–Trinajstić information content (AvgIpc) is 3.05. The minimum atomic E-state index is -0.535. The van der Waals surface area contributed by atoms with Crippen LogP contribution >= 0.6 is 11.8 Å². The van der Waals surface area contributed by atoms with Crippen molar-refractivity contribution in [3.8, 4) is 17.2 Å². The normalized spacial score (nSPS) is 11.6. The van der Waals surface area contributed by atoms with Crippen molar-refractivity contribution < 1.29 is 28.6 Å². The molecular weight excluding hydrogens is 578 g/mol. The minimum absolute atomic E-state index is 0.00711. The van der Waals surface area contributed by atoms with Gasteiger partial charge in [0, 0.05) is 27.4 Å². The van der Waals surface area contributed by atoms with Crippen LogP contribution in [-0.4, -0.2) is 44.3 Å². The molecule has 0 aromatic heterocycles. The summed E-state index contributed by atoms with van der Waals surface area (Å²) in [5, 5.41) is 8.08. The van der Waals surface area contributed by atoms with Crippen LogP contribution in [0.4, 0.5) is 11.4 Å². The summed E-state index contributed by atoms with van der Waals surface area (Å²) in [5.41, 5.74) is 2.13. The zero-order valence-corrected chi connectivity index (χ0v) is 25.6. The van der Waals surface area contributed by atoms with Gasteiger partial charge in [0.2, 0.25) is 5.91 Å². The fourth-order valence-corrected chi connectivity index (χ4v) is 4.98. The Kier molecular flexibility index (Phi) is 11.0. The molecule has 0 aliphatic carbocycles. The molecule has 0 saturated carbocycles. The second-order valence-corrected chi connectivity index (χ2v) is 10.8.